The smallest absolute Gasteiger partial charge is 0.290 e. The van der Waals surface area contributed by atoms with Crippen LogP contribution in [0.5, 0.6) is 5.75 Å². The number of likely N-dealkylation sites (N-methyl/N-ethyl adjacent to an activating group) is 1. The Morgan fingerprint density at radius 1 is 1.25 bits per heavy atom. The topological polar surface area (TPSA) is 58.6 Å². The maximum Gasteiger partial charge on any atom is 0.290 e. The average molecular weight is 292 g/mol. The van der Waals surface area contributed by atoms with E-state index in [4.69, 9.17) is 4.74 Å². The lowest BCUT2D eigenvalue weighted by atomic mass is 10.2. The van der Waals surface area contributed by atoms with Crippen molar-refractivity contribution in [2.75, 3.05) is 27.2 Å². The molecule has 2 amide bonds. The molecule has 0 saturated carbocycles. The number of carbonyl (C=O) groups is 2. The van der Waals surface area contributed by atoms with Crippen LogP contribution in [0, 0.1) is 0 Å². The summed E-state index contributed by atoms with van der Waals surface area (Å²) >= 11 is 0.915. The van der Waals surface area contributed by atoms with Gasteiger partial charge in [0.25, 0.3) is 11.1 Å². The fraction of sp³-hybridized carbons (Fsp3) is 0.286. The molecular formula is C14H16N2O3S. The number of imide groups is 1. The molecule has 2 rings (SSSR count). The van der Waals surface area contributed by atoms with Crippen molar-refractivity contribution in [1.82, 2.24) is 10.2 Å². The summed E-state index contributed by atoms with van der Waals surface area (Å²) in [6.45, 7) is 1.48. The van der Waals surface area contributed by atoms with Crippen LogP contribution in [-0.4, -0.2) is 43.3 Å². The van der Waals surface area contributed by atoms with Gasteiger partial charge in [-0.1, -0.05) is 12.1 Å². The first-order valence-corrected chi connectivity index (χ1v) is 6.99. The lowest BCUT2D eigenvalue weighted by Gasteiger charge is -2.10. The zero-order valence-electron chi connectivity index (χ0n) is 11.4. The van der Waals surface area contributed by atoms with Crippen molar-refractivity contribution < 1.29 is 14.3 Å². The van der Waals surface area contributed by atoms with E-state index in [1.807, 2.05) is 43.3 Å². The number of rotatable bonds is 5. The third-order valence-corrected chi connectivity index (χ3v) is 3.44. The number of ether oxygens (including phenoxy) is 1. The van der Waals surface area contributed by atoms with Crippen molar-refractivity contribution >= 4 is 29.0 Å². The number of thioether (sulfide) groups is 1. The van der Waals surface area contributed by atoms with Crippen LogP contribution in [-0.2, 0) is 4.79 Å². The Balaban J connectivity index is 1.96. The first-order chi connectivity index (χ1) is 9.54. The molecule has 6 heteroatoms. The molecule has 1 fully saturated rings. The molecule has 0 aromatic heterocycles. The SMILES string of the molecule is CN(C)CCOc1ccc(C=C2SC(=O)NC2=O)cc1. The molecule has 1 saturated heterocycles. The van der Waals surface area contributed by atoms with Crippen LogP contribution in [0.1, 0.15) is 5.56 Å². The highest BCUT2D eigenvalue weighted by Gasteiger charge is 2.24. The van der Waals surface area contributed by atoms with E-state index in [0.29, 0.717) is 11.5 Å². The van der Waals surface area contributed by atoms with Crippen LogP contribution in [0.15, 0.2) is 29.2 Å². The van der Waals surface area contributed by atoms with Crippen molar-refractivity contribution in [2.24, 2.45) is 0 Å². The fourth-order valence-corrected chi connectivity index (χ4v) is 2.26. The Morgan fingerprint density at radius 2 is 1.95 bits per heavy atom. The number of benzene rings is 1. The first-order valence-electron chi connectivity index (χ1n) is 6.17. The van der Waals surface area contributed by atoms with Gasteiger partial charge in [-0.15, -0.1) is 0 Å². The number of amides is 2. The molecule has 1 heterocycles. The van der Waals surface area contributed by atoms with Gasteiger partial charge in [-0.3, -0.25) is 14.9 Å². The van der Waals surface area contributed by atoms with Crippen molar-refractivity contribution in [3.05, 3.63) is 34.7 Å². The largest absolute Gasteiger partial charge is 0.492 e. The molecular weight excluding hydrogens is 276 g/mol. The van der Waals surface area contributed by atoms with Crippen LogP contribution in [0.4, 0.5) is 4.79 Å². The van der Waals surface area contributed by atoms with E-state index in [-0.39, 0.29) is 11.1 Å². The maximum atomic E-state index is 11.4. The van der Waals surface area contributed by atoms with Gasteiger partial charge >= 0.3 is 0 Å². The Labute approximate surface area is 122 Å². The number of nitrogens with zero attached hydrogens (tertiary/aromatic N) is 1. The third-order valence-electron chi connectivity index (χ3n) is 2.63. The van der Waals surface area contributed by atoms with Crippen molar-refractivity contribution in [3.63, 3.8) is 0 Å². The summed E-state index contributed by atoms with van der Waals surface area (Å²) in [5, 5.41) is 1.90. The minimum absolute atomic E-state index is 0.329. The molecule has 106 valence electrons. The second-order valence-electron chi connectivity index (χ2n) is 4.57. The summed E-state index contributed by atoms with van der Waals surface area (Å²) in [6.07, 6.45) is 1.69. The number of nitrogens with one attached hydrogen (secondary N) is 1. The van der Waals surface area contributed by atoms with E-state index in [1.54, 1.807) is 6.08 Å². The highest BCUT2D eigenvalue weighted by Crippen LogP contribution is 2.26. The molecule has 0 bridgehead atoms. The third kappa shape index (κ3) is 4.11. The van der Waals surface area contributed by atoms with E-state index in [2.05, 4.69) is 5.32 Å². The van der Waals surface area contributed by atoms with Gasteiger partial charge in [0.1, 0.15) is 12.4 Å². The van der Waals surface area contributed by atoms with Gasteiger partial charge in [0.2, 0.25) is 0 Å². The minimum Gasteiger partial charge on any atom is -0.492 e. The standard InChI is InChI=1S/C14H16N2O3S/c1-16(2)7-8-19-11-5-3-10(4-6-11)9-12-13(17)15-14(18)20-12/h3-6,9H,7-8H2,1-2H3,(H,15,17,18). The predicted octanol–water partition coefficient (Wildman–Crippen LogP) is 1.95. The van der Waals surface area contributed by atoms with Gasteiger partial charge in [-0.05, 0) is 49.6 Å². The molecule has 0 radical (unpaired) electrons. The predicted molar refractivity (Wildman–Crippen MR) is 79.6 cm³/mol. The molecule has 0 aliphatic carbocycles. The molecule has 5 nitrogen and oxygen atoms in total. The number of carbonyl (C=O) groups excluding carboxylic acids is 2. The molecule has 0 atom stereocenters. The van der Waals surface area contributed by atoms with Gasteiger partial charge < -0.3 is 9.64 Å². The van der Waals surface area contributed by atoms with Crippen molar-refractivity contribution in [1.29, 1.82) is 0 Å². The second-order valence-corrected chi connectivity index (χ2v) is 5.59. The van der Waals surface area contributed by atoms with Crippen LogP contribution >= 0.6 is 11.8 Å². The molecule has 1 N–H and O–H groups in total. The maximum absolute atomic E-state index is 11.4. The summed E-state index contributed by atoms with van der Waals surface area (Å²) in [7, 11) is 3.98. The Morgan fingerprint density at radius 3 is 2.50 bits per heavy atom. The van der Waals surface area contributed by atoms with Crippen molar-refractivity contribution in [2.45, 2.75) is 0 Å². The van der Waals surface area contributed by atoms with Crippen LogP contribution in [0.25, 0.3) is 6.08 Å². The van der Waals surface area contributed by atoms with Crippen LogP contribution < -0.4 is 10.1 Å². The zero-order valence-corrected chi connectivity index (χ0v) is 12.2. The zero-order chi connectivity index (χ0) is 14.5. The summed E-state index contributed by atoms with van der Waals surface area (Å²) in [6, 6.07) is 7.41. The molecule has 1 aromatic carbocycles. The number of hydrogen-bond donors (Lipinski definition) is 1. The fourth-order valence-electron chi connectivity index (χ4n) is 1.58. The molecule has 1 aromatic rings. The van der Waals surface area contributed by atoms with Crippen LogP contribution in [0.2, 0.25) is 0 Å². The average Bonchev–Trinajstić information content (AvgIpc) is 2.69. The lowest BCUT2D eigenvalue weighted by Crippen LogP contribution is -2.19. The van der Waals surface area contributed by atoms with Gasteiger partial charge in [-0.2, -0.15) is 0 Å². The Hall–Kier alpha value is -1.79. The van der Waals surface area contributed by atoms with Crippen molar-refractivity contribution in [3.8, 4) is 5.75 Å². The summed E-state index contributed by atoms with van der Waals surface area (Å²) < 4.78 is 5.58. The van der Waals surface area contributed by atoms with E-state index in [9.17, 15) is 9.59 Å². The van der Waals surface area contributed by atoms with E-state index >= 15 is 0 Å². The quantitative estimate of drug-likeness (QED) is 0.841. The molecule has 0 unspecified atom stereocenters. The summed E-state index contributed by atoms with van der Waals surface area (Å²) in [5.41, 5.74) is 0.859. The van der Waals surface area contributed by atoms with Gasteiger partial charge in [0.05, 0.1) is 4.91 Å². The highest BCUT2D eigenvalue weighted by atomic mass is 32.2. The molecule has 1 aliphatic heterocycles. The summed E-state index contributed by atoms with van der Waals surface area (Å²) in [5.74, 6) is 0.444. The molecule has 20 heavy (non-hydrogen) atoms. The van der Waals surface area contributed by atoms with Crippen LogP contribution in [0.3, 0.4) is 0 Å². The molecule has 0 spiro atoms. The second kappa shape index (κ2) is 6.58. The molecule has 1 aliphatic rings. The minimum atomic E-state index is -0.341. The summed E-state index contributed by atoms with van der Waals surface area (Å²) in [4.78, 5) is 24.9. The monoisotopic (exact) mass is 292 g/mol. The lowest BCUT2D eigenvalue weighted by molar-refractivity contribution is -0.115. The number of hydrogen-bond acceptors (Lipinski definition) is 5. The Bertz CT molecular complexity index is 538. The first kappa shape index (κ1) is 14.6. The normalized spacial score (nSPS) is 16.9. The van der Waals surface area contributed by atoms with E-state index in [0.717, 1.165) is 29.6 Å². The van der Waals surface area contributed by atoms with E-state index in [1.165, 1.54) is 0 Å². The van der Waals surface area contributed by atoms with Gasteiger partial charge in [0, 0.05) is 6.54 Å². The van der Waals surface area contributed by atoms with E-state index < -0.39 is 0 Å². The van der Waals surface area contributed by atoms with Gasteiger partial charge in [-0.25, -0.2) is 0 Å². The Kier molecular flexibility index (Phi) is 4.81. The van der Waals surface area contributed by atoms with Gasteiger partial charge in [0.15, 0.2) is 0 Å². The highest BCUT2D eigenvalue weighted by molar-refractivity contribution is 8.18.